The van der Waals surface area contributed by atoms with Gasteiger partial charge in [-0.1, -0.05) is 0 Å². The van der Waals surface area contributed by atoms with Gasteiger partial charge in [0.2, 0.25) is 11.7 Å². The molecule has 0 aromatic carbocycles. The third-order valence-electron chi connectivity index (χ3n) is 2.19. The zero-order valence-electron chi connectivity index (χ0n) is 11.3. The molecule has 0 aliphatic rings. The van der Waals surface area contributed by atoms with Crippen LogP contribution in [0.3, 0.4) is 0 Å². The average Bonchev–Trinajstić information content (AvgIpc) is 2.35. The first kappa shape index (κ1) is 16.3. The van der Waals surface area contributed by atoms with E-state index in [0.717, 1.165) is 0 Å². The topological polar surface area (TPSA) is 59.5 Å². The minimum absolute atomic E-state index is 0.123. The second-order valence-electron chi connectivity index (χ2n) is 4.03. The molecule has 1 aromatic heterocycles. The summed E-state index contributed by atoms with van der Waals surface area (Å²) in [4.78, 5) is 29.0. The molecule has 5 nitrogen and oxygen atoms in total. The van der Waals surface area contributed by atoms with Gasteiger partial charge in [-0.25, -0.2) is 9.78 Å². The monoisotopic (exact) mass is 344 g/mol. The van der Waals surface area contributed by atoms with Gasteiger partial charge in [0.05, 0.1) is 12.2 Å². The van der Waals surface area contributed by atoms with E-state index in [1.807, 2.05) is 0 Å². The lowest BCUT2D eigenvalue weighted by Crippen LogP contribution is -2.20. The van der Waals surface area contributed by atoms with Crippen LogP contribution in [0.15, 0.2) is 28.5 Å². The van der Waals surface area contributed by atoms with Crippen LogP contribution in [0.4, 0.5) is 4.39 Å². The fourth-order valence-electron chi connectivity index (χ4n) is 1.40. The van der Waals surface area contributed by atoms with E-state index in [2.05, 4.69) is 20.9 Å². The number of hydrogen-bond acceptors (Lipinski definition) is 5. The number of esters is 1. The molecule has 0 saturated carbocycles. The number of nitrogens with zero attached hydrogens (tertiary/aromatic N) is 2. The molecular formula is C13H14BrFN2O3. The number of aromatic nitrogens is 1. The van der Waals surface area contributed by atoms with Gasteiger partial charge >= 0.3 is 5.97 Å². The molecule has 0 unspecified atom stereocenters. The van der Waals surface area contributed by atoms with Gasteiger partial charge in [0, 0.05) is 20.3 Å². The standard InChI is InChI=1S/C13H14BrFN2O3/c1-4-20-13(19)9(7-17(2)3)11(18)8-5-6-10(14)16-12(8)15/h5-7H,4H2,1-3H3/b9-7+. The van der Waals surface area contributed by atoms with Gasteiger partial charge in [0.15, 0.2) is 0 Å². The molecule has 1 aromatic rings. The quantitative estimate of drug-likeness (QED) is 0.204. The molecule has 0 spiro atoms. The van der Waals surface area contributed by atoms with Gasteiger partial charge in [-0.15, -0.1) is 0 Å². The summed E-state index contributed by atoms with van der Waals surface area (Å²) >= 11 is 3.00. The summed E-state index contributed by atoms with van der Waals surface area (Å²) in [6.07, 6.45) is 1.29. The van der Waals surface area contributed by atoms with Crippen LogP contribution in [-0.2, 0) is 9.53 Å². The van der Waals surface area contributed by atoms with E-state index in [9.17, 15) is 14.0 Å². The lowest BCUT2D eigenvalue weighted by Gasteiger charge is -2.11. The van der Waals surface area contributed by atoms with E-state index < -0.39 is 17.7 Å². The van der Waals surface area contributed by atoms with E-state index in [0.29, 0.717) is 0 Å². The summed E-state index contributed by atoms with van der Waals surface area (Å²) in [5, 5.41) is 0. The summed E-state index contributed by atoms with van der Waals surface area (Å²) in [6, 6.07) is 2.69. The lowest BCUT2D eigenvalue weighted by molar-refractivity contribution is -0.138. The number of carbonyl (C=O) groups excluding carboxylic acids is 2. The number of ketones is 1. The normalized spacial score (nSPS) is 11.2. The lowest BCUT2D eigenvalue weighted by atomic mass is 10.1. The highest BCUT2D eigenvalue weighted by atomic mass is 79.9. The number of Topliss-reactive ketones (excluding diaryl/α,β-unsaturated/α-hetero) is 1. The molecule has 0 saturated heterocycles. The van der Waals surface area contributed by atoms with Crippen LogP contribution in [0, 0.1) is 5.95 Å². The molecule has 0 radical (unpaired) electrons. The van der Waals surface area contributed by atoms with Crippen molar-refractivity contribution < 1.29 is 18.7 Å². The maximum absolute atomic E-state index is 13.7. The molecule has 1 rings (SSSR count). The maximum Gasteiger partial charge on any atom is 0.343 e. The highest BCUT2D eigenvalue weighted by Gasteiger charge is 2.24. The number of halogens is 2. The average molecular weight is 345 g/mol. The van der Waals surface area contributed by atoms with E-state index >= 15 is 0 Å². The number of carbonyl (C=O) groups is 2. The summed E-state index contributed by atoms with van der Waals surface area (Å²) < 4.78 is 18.8. The van der Waals surface area contributed by atoms with Gasteiger partial charge in [-0.05, 0) is 35.0 Å². The molecule has 0 aliphatic carbocycles. The fourth-order valence-corrected chi connectivity index (χ4v) is 1.69. The number of hydrogen-bond donors (Lipinski definition) is 0. The summed E-state index contributed by atoms with van der Waals surface area (Å²) in [7, 11) is 3.28. The van der Waals surface area contributed by atoms with Crippen molar-refractivity contribution in [3.8, 4) is 0 Å². The molecule has 0 bridgehead atoms. The number of rotatable bonds is 5. The fraction of sp³-hybridized carbons (Fsp3) is 0.308. The van der Waals surface area contributed by atoms with E-state index in [1.165, 1.54) is 23.2 Å². The van der Waals surface area contributed by atoms with Gasteiger partial charge < -0.3 is 9.64 Å². The Morgan fingerprint density at radius 1 is 1.45 bits per heavy atom. The molecule has 0 atom stereocenters. The van der Waals surface area contributed by atoms with Crippen molar-refractivity contribution in [2.45, 2.75) is 6.92 Å². The molecule has 0 amide bonds. The predicted octanol–water partition coefficient (Wildman–Crippen LogP) is 2.17. The first-order valence-corrected chi connectivity index (χ1v) is 6.58. The highest BCUT2D eigenvalue weighted by Crippen LogP contribution is 2.16. The van der Waals surface area contributed by atoms with E-state index in [-0.39, 0.29) is 22.3 Å². The highest BCUT2D eigenvalue weighted by molar-refractivity contribution is 9.10. The van der Waals surface area contributed by atoms with Crippen LogP contribution in [0.25, 0.3) is 0 Å². The molecule has 7 heteroatoms. The zero-order chi connectivity index (χ0) is 15.3. The Labute approximate surface area is 124 Å². The molecule has 0 fully saturated rings. The Kier molecular flexibility index (Phi) is 5.82. The van der Waals surface area contributed by atoms with Crippen molar-refractivity contribution in [1.82, 2.24) is 9.88 Å². The van der Waals surface area contributed by atoms with Crippen LogP contribution < -0.4 is 0 Å². The minimum atomic E-state index is -0.946. The van der Waals surface area contributed by atoms with E-state index in [1.54, 1.807) is 21.0 Å². The van der Waals surface area contributed by atoms with E-state index in [4.69, 9.17) is 4.74 Å². The Bertz CT molecular complexity index is 559. The van der Waals surface area contributed by atoms with Crippen molar-refractivity contribution in [3.63, 3.8) is 0 Å². The van der Waals surface area contributed by atoms with Gasteiger partial charge in [0.1, 0.15) is 10.2 Å². The van der Waals surface area contributed by atoms with Crippen molar-refractivity contribution in [1.29, 1.82) is 0 Å². The maximum atomic E-state index is 13.7. The Morgan fingerprint density at radius 3 is 2.60 bits per heavy atom. The van der Waals surface area contributed by atoms with Gasteiger partial charge in [0.25, 0.3) is 0 Å². The van der Waals surface area contributed by atoms with Crippen LogP contribution in [0.5, 0.6) is 0 Å². The summed E-state index contributed by atoms with van der Waals surface area (Å²) in [5.74, 6) is -2.51. The molecular weight excluding hydrogens is 331 g/mol. The number of pyridine rings is 1. The van der Waals surface area contributed by atoms with Crippen LogP contribution in [0.2, 0.25) is 0 Å². The first-order valence-electron chi connectivity index (χ1n) is 5.79. The third kappa shape index (κ3) is 4.12. The zero-order valence-corrected chi connectivity index (χ0v) is 12.9. The second kappa shape index (κ2) is 7.14. The Balaban J connectivity index is 3.20. The molecule has 0 N–H and O–H groups in total. The van der Waals surface area contributed by atoms with Gasteiger partial charge in [-0.3, -0.25) is 4.79 Å². The van der Waals surface area contributed by atoms with Crippen LogP contribution in [-0.4, -0.2) is 42.3 Å². The molecule has 20 heavy (non-hydrogen) atoms. The minimum Gasteiger partial charge on any atom is -0.462 e. The molecule has 1 heterocycles. The smallest absolute Gasteiger partial charge is 0.343 e. The summed E-state index contributed by atoms with van der Waals surface area (Å²) in [6.45, 7) is 1.75. The Hall–Kier alpha value is -1.76. The van der Waals surface area contributed by atoms with Crippen molar-refractivity contribution >= 4 is 27.7 Å². The van der Waals surface area contributed by atoms with Crippen LogP contribution in [0.1, 0.15) is 17.3 Å². The van der Waals surface area contributed by atoms with Crippen molar-refractivity contribution in [3.05, 3.63) is 40.0 Å². The second-order valence-corrected chi connectivity index (χ2v) is 4.84. The van der Waals surface area contributed by atoms with Crippen molar-refractivity contribution in [2.24, 2.45) is 0 Å². The SMILES string of the molecule is CCOC(=O)/C(=C/N(C)C)C(=O)c1ccc(Br)nc1F. The third-order valence-corrected chi connectivity index (χ3v) is 2.63. The molecule has 108 valence electrons. The first-order chi connectivity index (χ1) is 9.36. The summed E-state index contributed by atoms with van der Waals surface area (Å²) in [5.41, 5.74) is -0.533. The Morgan fingerprint density at radius 2 is 2.10 bits per heavy atom. The number of ether oxygens (including phenoxy) is 1. The molecule has 0 aliphatic heterocycles. The van der Waals surface area contributed by atoms with Crippen molar-refractivity contribution in [2.75, 3.05) is 20.7 Å². The van der Waals surface area contributed by atoms with Gasteiger partial charge in [-0.2, -0.15) is 4.39 Å². The predicted molar refractivity (Wildman–Crippen MR) is 74.6 cm³/mol. The largest absolute Gasteiger partial charge is 0.462 e. The van der Waals surface area contributed by atoms with Crippen LogP contribution >= 0.6 is 15.9 Å².